The molecule has 1 aromatic rings. The molecule has 16 heavy (non-hydrogen) atoms. The van der Waals surface area contributed by atoms with E-state index in [1.54, 1.807) is 4.31 Å². The van der Waals surface area contributed by atoms with Crippen molar-refractivity contribution < 1.29 is 9.11 Å². The predicted molar refractivity (Wildman–Crippen MR) is 67.4 cm³/mol. The number of benzene rings is 1. The minimum atomic E-state index is -2.64. The molecule has 90 valence electrons. The van der Waals surface area contributed by atoms with Gasteiger partial charge in [0.15, 0.2) is 0 Å². The van der Waals surface area contributed by atoms with Gasteiger partial charge in [0.1, 0.15) is 0 Å². The number of nitrogens with one attached hydrogen (secondary N) is 1. The number of piperazine rings is 1. The van der Waals surface area contributed by atoms with Crippen LogP contribution in [-0.2, 0) is 5.75 Å². The highest BCUT2D eigenvalue weighted by Gasteiger charge is 2.24. The maximum absolute atomic E-state index is 10.1. The summed E-state index contributed by atoms with van der Waals surface area (Å²) in [6.07, 6.45) is 0. The van der Waals surface area contributed by atoms with E-state index in [1.165, 1.54) is 0 Å². The van der Waals surface area contributed by atoms with Crippen molar-refractivity contribution in [3.63, 3.8) is 0 Å². The van der Waals surface area contributed by atoms with Gasteiger partial charge in [-0.3, -0.25) is 9.11 Å². The molecule has 1 aliphatic rings. The molecule has 2 rings (SSSR count). The fraction of sp³-hybridized carbons (Fsp3) is 0.455. The third-order valence-electron chi connectivity index (χ3n) is 2.69. The molecular weight excluding hydrogens is 224 g/mol. The van der Waals surface area contributed by atoms with Crippen molar-refractivity contribution >= 4 is 10.8 Å². The normalized spacial score (nSPS) is 19.6. The van der Waals surface area contributed by atoms with E-state index in [4.69, 9.17) is 0 Å². The van der Waals surface area contributed by atoms with Crippen LogP contribution in [0, 0.1) is 0 Å². The quantitative estimate of drug-likeness (QED) is 0.756. The first-order valence-electron chi connectivity index (χ1n) is 5.44. The Kier molecular flexibility index (Phi) is 3.83. The van der Waals surface area contributed by atoms with Crippen LogP contribution in [0.5, 0.6) is 0 Å². The Labute approximate surface area is 97.8 Å². The van der Waals surface area contributed by atoms with Gasteiger partial charge in [-0.2, -0.15) is 0 Å². The molecule has 5 heteroatoms. The Hall–Kier alpha value is -0.590. The molecule has 0 unspecified atom stereocenters. The van der Waals surface area contributed by atoms with Crippen LogP contribution >= 0.6 is 10.8 Å². The van der Waals surface area contributed by atoms with E-state index in [-0.39, 0.29) is 0 Å². The molecule has 0 aromatic heterocycles. The van der Waals surface area contributed by atoms with Gasteiger partial charge in [0.25, 0.3) is 0 Å². The maximum atomic E-state index is 10.1. The van der Waals surface area contributed by atoms with Crippen molar-refractivity contribution in [3.05, 3.63) is 35.9 Å². The summed E-state index contributed by atoms with van der Waals surface area (Å²) >= 11 is 0. The molecule has 1 aromatic carbocycles. The Morgan fingerprint density at radius 2 is 1.75 bits per heavy atom. The zero-order valence-corrected chi connectivity index (χ0v) is 9.99. The average Bonchev–Trinajstić information content (AvgIpc) is 2.31. The lowest BCUT2D eigenvalue weighted by Crippen LogP contribution is -2.44. The van der Waals surface area contributed by atoms with E-state index in [0.29, 0.717) is 18.8 Å². The van der Waals surface area contributed by atoms with E-state index in [1.807, 2.05) is 30.3 Å². The summed E-state index contributed by atoms with van der Waals surface area (Å²) in [5.41, 5.74) is 0.973. The standard InChI is InChI=1S/C11H18N2O2S/c14-16(15,13-8-6-12-7-9-13)10-11-4-2-1-3-5-11/h1-5,12,14-15H,6-10H2. The van der Waals surface area contributed by atoms with Crippen molar-refractivity contribution in [2.45, 2.75) is 5.75 Å². The second-order valence-corrected chi connectivity index (χ2v) is 6.01. The monoisotopic (exact) mass is 242 g/mol. The largest absolute Gasteiger partial charge is 0.314 e. The summed E-state index contributed by atoms with van der Waals surface area (Å²) in [6, 6.07) is 9.62. The lowest BCUT2D eigenvalue weighted by Gasteiger charge is -2.44. The molecule has 1 heterocycles. The van der Waals surface area contributed by atoms with E-state index < -0.39 is 10.8 Å². The lowest BCUT2D eigenvalue weighted by molar-refractivity contribution is 0.314. The molecule has 0 spiro atoms. The van der Waals surface area contributed by atoms with Crippen LogP contribution < -0.4 is 5.32 Å². The Balaban J connectivity index is 2.01. The zero-order chi connectivity index (χ0) is 11.4. The fourth-order valence-electron chi connectivity index (χ4n) is 1.83. The molecule has 1 aliphatic heterocycles. The van der Waals surface area contributed by atoms with Gasteiger partial charge in [0, 0.05) is 26.2 Å². The van der Waals surface area contributed by atoms with Gasteiger partial charge in [-0.05, 0) is 5.56 Å². The van der Waals surface area contributed by atoms with Gasteiger partial charge in [0.05, 0.1) is 5.75 Å². The van der Waals surface area contributed by atoms with Crippen LogP contribution in [-0.4, -0.2) is 39.6 Å². The number of hydrogen-bond donors (Lipinski definition) is 3. The van der Waals surface area contributed by atoms with Crippen LogP contribution in [0.1, 0.15) is 5.56 Å². The van der Waals surface area contributed by atoms with E-state index in [0.717, 1.165) is 18.7 Å². The number of rotatable bonds is 3. The van der Waals surface area contributed by atoms with Gasteiger partial charge < -0.3 is 5.32 Å². The molecule has 0 aliphatic carbocycles. The molecule has 1 saturated heterocycles. The van der Waals surface area contributed by atoms with E-state index in [9.17, 15) is 9.11 Å². The van der Waals surface area contributed by atoms with Gasteiger partial charge in [-0.15, -0.1) is 10.8 Å². The molecule has 3 N–H and O–H groups in total. The van der Waals surface area contributed by atoms with E-state index in [2.05, 4.69) is 5.32 Å². The lowest BCUT2D eigenvalue weighted by atomic mass is 10.2. The first-order chi connectivity index (χ1) is 7.68. The molecule has 0 radical (unpaired) electrons. The third kappa shape index (κ3) is 2.96. The van der Waals surface area contributed by atoms with Crippen molar-refractivity contribution in [3.8, 4) is 0 Å². The summed E-state index contributed by atoms with van der Waals surface area (Å²) < 4.78 is 22.0. The fourth-order valence-corrected chi connectivity index (χ4v) is 3.42. The molecule has 0 atom stereocenters. The van der Waals surface area contributed by atoms with Crippen molar-refractivity contribution in [2.75, 3.05) is 26.2 Å². The number of nitrogens with zero attached hydrogens (tertiary/aromatic N) is 1. The second-order valence-electron chi connectivity index (χ2n) is 3.94. The first-order valence-corrected chi connectivity index (χ1v) is 7.11. The van der Waals surface area contributed by atoms with Gasteiger partial charge in [0.2, 0.25) is 0 Å². The van der Waals surface area contributed by atoms with Crippen LogP contribution in [0.4, 0.5) is 0 Å². The third-order valence-corrected chi connectivity index (χ3v) is 4.61. The van der Waals surface area contributed by atoms with Crippen LogP contribution in [0.3, 0.4) is 0 Å². The Morgan fingerprint density at radius 1 is 1.12 bits per heavy atom. The summed E-state index contributed by atoms with van der Waals surface area (Å²) in [4.78, 5) is 0. The SMILES string of the molecule is OS(O)(Cc1ccccc1)N1CCNCC1. The molecular formula is C11H18N2O2S. The highest BCUT2D eigenvalue weighted by Crippen LogP contribution is 2.46. The van der Waals surface area contributed by atoms with Crippen LogP contribution in [0.15, 0.2) is 30.3 Å². The summed E-state index contributed by atoms with van der Waals surface area (Å²) in [7, 11) is -2.64. The minimum Gasteiger partial charge on any atom is -0.314 e. The topological polar surface area (TPSA) is 55.7 Å². The number of hydrogen-bond acceptors (Lipinski definition) is 4. The summed E-state index contributed by atoms with van der Waals surface area (Å²) in [5.74, 6) is 0.327. The van der Waals surface area contributed by atoms with Gasteiger partial charge in [-0.1, -0.05) is 30.3 Å². The summed E-state index contributed by atoms with van der Waals surface area (Å²) in [5, 5.41) is 3.20. The van der Waals surface area contributed by atoms with Gasteiger partial charge in [-0.25, -0.2) is 4.31 Å². The molecule has 0 amide bonds. The average molecular weight is 242 g/mol. The van der Waals surface area contributed by atoms with Crippen molar-refractivity contribution in [2.24, 2.45) is 0 Å². The van der Waals surface area contributed by atoms with Gasteiger partial charge >= 0.3 is 0 Å². The zero-order valence-electron chi connectivity index (χ0n) is 9.17. The predicted octanol–water partition coefficient (Wildman–Crippen LogP) is 1.76. The first kappa shape index (κ1) is 11.9. The minimum absolute atomic E-state index is 0.327. The molecule has 4 nitrogen and oxygen atoms in total. The second kappa shape index (κ2) is 5.16. The Morgan fingerprint density at radius 3 is 2.38 bits per heavy atom. The highest BCUT2D eigenvalue weighted by atomic mass is 32.3. The molecule has 1 fully saturated rings. The smallest absolute Gasteiger partial charge is 0.0780 e. The molecule has 0 saturated carbocycles. The van der Waals surface area contributed by atoms with Crippen LogP contribution in [0.25, 0.3) is 0 Å². The molecule has 0 bridgehead atoms. The maximum Gasteiger partial charge on any atom is 0.0780 e. The van der Waals surface area contributed by atoms with Crippen LogP contribution in [0.2, 0.25) is 0 Å². The summed E-state index contributed by atoms with van der Waals surface area (Å²) in [6.45, 7) is 3.06. The Bertz CT molecular complexity index is 326. The van der Waals surface area contributed by atoms with Crippen molar-refractivity contribution in [1.29, 1.82) is 0 Å². The van der Waals surface area contributed by atoms with E-state index >= 15 is 0 Å². The van der Waals surface area contributed by atoms with Crippen molar-refractivity contribution in [1.82, 2.24) is 9.62 Å². The highest BCUT2D eigenvalue weighted by molar-refractivity contribution is 8.21.